The highest BCUT2D eigenvalue weighted by molar-refractivity contribution is 5.94. The van der Waals surface area contributed by atoms with Crippen LogP contribution in [0.25, 0.3) is 22.3 Å². The van der Waals surface area contributed by atoms with Crippen LogP contribution in [0.15, 0.2) is 82.4 Å². The van der Waals surface area contributed by atoms with Crippen LogP contribution in [0.5, 0.6) is 17.2 Å². The Bertz CT molecular complexity index is 1870. The van der Waals surface area contributed by atoms with E-state index in [1.807, 2.05) is 62.4 Å². The minimum absolute atomic E-state index is 0.0746. The average molecular weight is 555 g/mol. The fourth-order valence-electron chi connectivity index (χ4n) is 4.76. The molecule has 210 valence electrons. The number of rotatable bonds is 9. The Morgan fingerprint density at radius 2 is 1.66 bits per heavy atom. The van der Waals surface area contributed by atoms with Crippen LogP contribution in [0, 0.1) is 5.92 Å². The third kappa shape index (κ3) is 5.49. The van der Waals surface area contributed by atoms with Crippen LogP contribution >= 0.6 is 0 Å². The van der Waals surface area contributed by atoms with Gasteiger partial charge in [0.15, 0.2) is 5.65 Å². The number of fused-ring (bicyclic) bond motifs is 1. The second-order valence-electron chi connectivity index (χ2n) is 10.2. The predicted molar refractivity (Wildman–Crippen MR) is 155 cm³/mol. The quantitative estimate of drug-likeness (QED) is 0.279. The van der Waals surface area contributed by atoms with Crippen molar-refractivity contribution in [3.05, 3.63) is 105 Å². The van der Waals surface area contributed by atoms with Crippen molar-refractivity contribution >= 4 is 17.0 Å². The molecule has 10 nitrogen and oxygen atoms in total. The topological polar surface area (TPSA) is 118 Å². The summed E-state index contributed by atoms with van der Waals surface area (Å²) in [6, 6.07) is 21.1. The first-order valence-electron chi connectivity index (χ1n) is 13.1. The van der Waals surface area contributed by atoms with E-state index in [1.54, 1.807) is 23.9 Å². The number of methoxy groups -OCH3 is 1. The number of hydrogen-bond acceptors (Lipinski definition) is 6. The van der Waals surface area contributed by atoms with E-state index in [1.165, 1.54) is 23.7 Å². The first kappa shape index (κ1) is 27.4. The van der Waals surface area contributed by atoms with Crippen molar-refractivity contribution in [1.82, 2.24) is 18.9 Å². The number of carbonyl (C=O) groups is 1. The van der Waals surface area contributed by atoms with Crippen molar-refractivity contribution in [3.8, 4) is 28.5 Å². The predicted octanol–water partition coefficient (Wildman–Crippen LogP) is 4.77. The van der Waals surface area contributed by atoms with Crippen LogP contribution < -0.4 is 20.7 Å². The molecule has 0 spiro atoms. The molecule has 0 saturated heterocycles. The van der Waals surface area contributed by atoms with Gasteiger partial charge in [-0.2, -0.15) is 5.10 Å². The molecule has 0 saturated carbocycles. The van der Waals surface area contributed by atoms with Crippen molar-refractivity contribution in [2.45, 2.75) is 26.9 Å². The lowest BCUT2D eigenvalue weighted by atomic mass is 10.1. The zero-order valence-corrected chi connectivity index (χ0v) is 23.2. The van der Waals surface area contributed by atoms with Crippen molar-refractivity contribution < 1.29 is 19.4 Å². The van der Waals surface area contributed by atoms with E-state index in [0.717, 1.165) is 15.9 Å². The highest BCUT2D eigenvalue weighted by Gasteiger charge is 2.23. The van der Waals surface area contributed by atoms with Crippen LogP contribution in [0.2, 0.25) is 0 Å². The lowest BCUT2D eigenvalue weighted by molar-refractivity contribution is 0.0697. The molecule has 0 bridgehead atoms. The number of aromatic nitrogens is 4. The van der Waals surface area contributed by atoms with Crippen molar-refractivity contribution in [3.63, 3.8) is 0 Å². The van der Waals surface area contributed by atoms with Crippen LogP contribution in [-0.2, 0) is 20.1 Å². The molecule has 5 rings (SSSR count). The fraction of sp³-hybridized carbons (Fsp3) is 0.226. The molecule has 0 aliphatic heterocycles. The van der Waals surface area contributed by atoms with Gasteiger partial charge in [-0.25, -0.2) is 9.59 Å². The lowest BCUT2D eigenvalue weighted by Crippen LogP contribution is -2.38. The maximum Gasteiger partial charge on any atom is 0.335 e. The van der Waals surface area contributed by atoms with Gasteiger partial charge in [0.2, 0.25) is 0 Å². The van der Waals surface area contributed by atoms with Gasteiger partial charge in [-0.05, 0) is 60.0 Å². The molecule has 3 aromatic carbocycles. The summed E-state index contributed by atoms with van der Waals surface area (Å²) in [5.74, 6) is 0.990. The minimum Gasteiger partial charge on any atom is -0.497 e. The normalized spacial score (nSPS) is 11.2. The van der Waals surface area contributed by atoms with E-state index >= 15 is 0 Å². The zero-order chi connectivity index (χ0) is 29.3. The second kappa shape index (κ2) is 11.2. The number of nitrogens with zero attached hydrogens (tertiary/aromatic N) is 4. The van der Waals surface area contributed by atoms with Gasteiger partial charge in [-0.3, -0.25) is 18.6 Å². The van der Waals surface area contributed by atoms with Gasteiger partial charge in [0.25, 0.3) is 5.56 Å². The van der Waals surface area contributed by atoms with Gasteiger partial charge >= 0.3 is 11.7 Å². The number of hydrogen-bond donors (Lipinski definition) is 1. The molecule has 0 aliphatic rings. The van der Waals surface area contributed by atoms with Crippen LogP contribution in [-0.4, -0.2) is 37.1 Å². The Kier molecular flexibility index (Phi) is 7.47. The fourth-order valence-corrected chi connectivity index (χ4v) is 4.76. The number of benzene rings is 3. The average Bonchev–Trinajstić information content (AvgIpc) is 3.33. The largest absolute Gasteiger partial charge is 0.497 e. The molecule has 1 N–H and O–H groups in total. The van der Waals surface area contributed by atoms with Crippen molar-refractivity contribution in [2.24, 2.45) is 13.0 Å². The van der Waals surface area contributed by atoms with Gasteiger partial charge in [0.1, 0.15) is 22.6 Å². The number of carboxylic acids is 1. The maximum atomic E-state index is 13.5. The number of aromatic carboxylic acids is 1. The molecule has 0 fully saturated rings. The Labute approximate surface area is 235 Å². The minimum atomic E-state index is -1.09. The van der Waals surface area contributed by atoms with Gasteiger partial charge < -0.3 is 14.6 Å². The molecular formula is C31H30N4O6. The molecular weight excluding hydrogens is 524 g/mol. The summed E-state index contributed by atoms with van der Waals surface area (Å²) < 4.78 is 15.5. The molecule has 0 atom stereocenters. The first-order chi connectivity index (χ1) is 19.7. The lowest BCUT2D eigenvalue weighted by Gasteiger charge is -2.11. The highest BCUT2D eigenvalue weighted by Crippen LogP contribution is 2.29. The van der Waals surface area contributed by atoms with Gasteiger partial charge in [-0.1, -0.05) is 38.1 Å². The molecule has 0 radical (unpaired) electrons. The smallest absolute Gasteiger partial charge is 0.335 e. The molecule has 2 aromatic heterocycles. The molecule has 10 heteroatoms. The summed E-state index contributed by atoms with van der Waals surface area (Å²) in [6.07, 6.45) is 0. The highest BCUT2D eigenvalue weighted by atomic mass is 16.5. The summed E-state index contributed by atoms with van der Waals surface area (Å²) in [4.78, 5) is 38.4. The van der Waals surface area contributed by atoms with E-state index < -0.39 is 17.2 Å². The zero-order valence-electron chi connectivity index (χ0n) is 23.2. The second-order valence-corrected chi connectivity index (χ2v) is 10.2. The Balaban J connectivity index is 1.66. The van der Waals surface area contributed by atoms with Gasteiger partial charge in [0, 0.05) is 19.2 Å². The van der Waals surface area contributed by atoms with Crippen LogP contribution in [0.3, 0.4) is 0 Å². The van der Waals surface area contributed by atoms with Crippen molar-refractivity contribution in [1.29, 1.82) is 0 Å². The molecule has 0 unspecified atom stereocenters. The maximum absolute atomic E-state index is 13.5. The number of ether oxygens (including phenoxy) is 2. The summed E-state index contributed by atoms with van der Waals surface area (Å²) in [6.45, 7) is 4.55. The van der Waals surface area contributed by atoms with E-state index in [2.05, 4.69) is 0 Å². The molecule has 0 aliphatic carbocycles. The Morgan fingerprint density at radius 1 is 0.951 bits per heavy atom. The molecule has 5 aromatic rings. The van der Waals surface area contributed by atoms with Crippen LogP contribution in [0.1, 0.15) is 29.8 Å². The standard InChI is InChI=1S/C31H30N4O6/c1-19(2)17-34-28-26(29(36)33(3)31(34)39)27(21-8-6-9-22(16-21)30(37)38)35(32-28)18-20-7-5-10-25(15-20)41-24-13-11-23(40-4)12-14-24/h5-16,19H,17-18H2,1-4H3,(H,37,38). The van der Waals surface area contributed by atoms with Crippen molar-refractivity contribution in [2.75, 3.05) is 7.11 Å². The van der Waals surface area contributed by atoms with E-state index in [9.17, 15) is 19.5 Å². The summed E-state index contributed by atoms with van der Waals surface area (Å²) in [7, 11) is 3.04. The summed E-state index contributed by atoms with van der Waals surface area (Å²) in [5, 5.41) is 14.7. The third-order valence-corrected chi connectivity index (χ3v) is 6.68. The van der Waals surface area contributed by atoms with E-state index in [4.69, 9.17) is 14.6 Å². The monoisotopic (exact) mass is 554 g/mol. The molecule has 41 heavy (non-hydrogen) atoms. The summed E-state index contributed by atoms with van der Waals surface area (Å²) in [5.41, 5.74) is 1.14. The van der Waals surface area contributed by atoms with Gasteiger partial charge in [-0.15, -0.1) is 0 Å². The van der Waals surface area contributed by atoms with E-state index in [-0.39, 0.29) is 29.1 Å². The van der Waals surface area contributed by atoms with E-state index in [0.29, 0.717) is 29.3 Å². The van der Waals surface area contributed by atoms with Gasteiger partial charge in [0.05, 0.1) is 24.9 Å². The molecule has 0 amide bonds. The SMILES string of the molecule is COc1ccc(Oc2cccc(Cn3nc4c(c3-c3cccc(C(=O)O)c3)c(=O)n(C)c(=O)n4CC(C)C)c2)cc1. The Hall–Kier alpha value is -5.12. The molecule has 2 heterocycles. The summed E-state index contributed by atoms with van der Waals surface area (Å²) >= 11 is 0. The first-order valence-corrected chi connectivity index (χ1v) is 13.1. The number of carboxylic acid groups (broad SMARTS) is 1. The Morgan fingerprint density at radius 3 is 2.34 bits per heavy atom. The third-order valence-electron chi connectivity index (χ3n) is 6.68. The van der Waals surface area contributed by atoms with Crippen LogP contribution in [0.4, 0.5) is 0 Å².